The summed E-state index contributed by atoms with van der Waals surface area (Å²) in [6.07, 6.45) is 1.57. The van der Waals surface area contributed by atoms with E-state index in [1.165, 1.54) is 11.3 Å². The standard InChI is InChI=1S/C16H19N3O2S3/c1-11(2)16-17-14(9-19(16)3)24(20,21)18-15(12-6-8-22-10-12)13-5-4-7-23-13/h4-11,15,18H,1-3H3/t15-/m1/s1. The van der Waals surface area contributed by atoms with Gasteiger partial charge in [0.1, 0.15) is 5.82 Å². The highest BCUT2D eigenvalue weighted by molar-refractivity contribution is 7.89. The van der Waals surface area contributed by atoms with E-state index in [0.717, 1.165) is 16.3 Å². The van der Waals surface area contributed by atoms with E-state index in [4.69, 9.17) is 0 Å². The lowest BCUT2D eigenvalue weighted by Crippen LogP contribution is -2.29. The Balaban J connectivity index is 1.96. The van der Waals surface area contributed by atoms with Crippen LogP contribution in [0.15, 0.2) is 45.6 Å². The fourth-order valence-corrected chi connectivity index (χ4v) is 5.29. The normalized spacial score (nSPS) is 13.5. The molecule has 0 aromatic carbocycles. The Morgan fingerprint density at radius 1 is 1.25 bits per heavy atom. The average molecular weight is 382 g/mol. The van der Waals surface area contributed by atoms with Crippen LogP contribution < -0.4 is 4.72 Å². The second kappa shape index (κ2) is 6.79. The molecule has 128 valence electrons. The second-order valence-electron chi connectivity index (χ2n) is 5.83. The molecular formula is C16H19N3O2S3. The number of imidazole rings is 1. The van der Waals surface area contributed by atoms with Gasteiger partial charge in [-0.2, -0.15) is 16.1 Å². The van der Waals surface area contributed by atoms with Crippen LogP contribution in [-0.2, 0) is 17.1 Å². The summed E-state index contributed by atoms with van der Waals surface area (Å²) in [6.45, 7) is 3.98. The molecule has 5 nitrogen and oxygen atoms in total. The van der Waals surface area contributed by atoms with Gasteiger partial charge in [0.2, 0.25) is 0 Å². The molecule has 0 saturated carbocycles. The highest BCUT2D eigenvalue weighted by atomic mass is 32.2. The number of hydrogen-bond donors (Lipinski definition) is 1. The topological polar surface area (TPSA) is 64.0 Å². The molecule has 0 aliphatic carbocycles. The maximum absolute atomic E-state index is 12.8. The minimum Gasteiger partial charge on any atom is -0.336 e. The zero-order chi connectivity index (χ0) is 17.3. The Labute approximate surface area is 150 Å². The zero-order valence-electron chi connectivity index (χ0n) is 13.6. The van der Waals surface area contributed by atoms with Gasteiger partial charge in [-0.05, 0) is 33.8 Å². The van der Waals surface area contributed by atoms with Gasteiger partial charge in [0, 0.05) is 24.0 Å². The van der Waals surface area contributed by atoms with E-state index in [1.807, 2.05) is 55.2 Å². The third-order valence-electron chi connectivity index (χ3n) is 3.66. The van der Waals surface area contributed by atoms with Crippen molar-refractivity contribution in [3.63, 3.8) is 0 Å². The Morgan fingerprint density at radius 2 is 2.04 bits per heavy atom. The van der Waals surface area contributed by atoms with Gasteiger partial charge >= 0.3 is 0 Å². The first-order valence-corrected chi connectivity index (χ1v) is 10.8. The lowest BCUT2D eigenvalue weighted by molar-refractivity contribution is 0.569. The molecule has 0 unspecified atom stereocenters. The van der Waals surface area contributed by atoms with Crippen LogP contribution in [-0.4, -0.2) is 18.0 Å². The first-order chi connectivity index (χ1) is 11.4. The molecule has 1 atom stereocenters. The molecule has 1 N–H and O–H groups in total. The minimum atomic E-state index is -3.72. The van der Waals surface area contributed by atoms with Crippen LogP contribution in [0, 0.1) is 0 Å². The quantitative estimate of drug-likeness (QED) is 0.707. The van der Waals surface area contributed by atoms with Gasteiger partial charge in [-0.1, -0.05) is 19.9 Å². The number of aryl methyl sites for hydroxylation is 1. The van der Waals surface area contributed by atoms with Crippen molar-refractivity contribution >= 4 is 32.7 Å². The largest absolute Gasteiger partial charge is 0.336 e. The van der Waals surface area contributed by atoms with Crippen molar-refractivity contribution in [3.05, 3.63) is 56.8 Å². The van der Waals surface area contributed by atoms with E-state index >= 15 is 0 Å². The summed E-state index contributed by atoms with van der Waals surface area (Å²) in [6, 6.07) is 5.40. The molecule has 3 rings (SSSR count). The summed E-state index contributed by atoms with van der Waals surface area (Å²) in [4.78, 5) is 5.27. The summed E-state index contributed by atoms with van der Waals surface area (Å²) >= 11 is 3.08. The molecule has 0 aliphatic heterocycles. The number of rotatable bonds is 6. The smallest absolute Gasteiger partial charge is 0.260 e. The molecule has 3 heterocycles. The van der Waals surface area contributed by atoms with Crippen LogP contribution in [0.3, 0.4) is 0 Å². The number of aromatic nitrogens is 2. The summed E-state index contributed by atoms with van der Waals surface area (Å²) in [5.41, 5.74) is 0.936. The third kappa shape index (κ3) is 3.46. The molecule has 0 radical (unpaired) electrons. The summed E-state index contributed by atoms with van der Waals surface area (Å²) in [7, 11) is -1.90. The monoisotopic (exact) mass is 381 g/mol. The maximum Gasteiger partial charge on any atom is 0.260 e. The molecule has 3 aromatic heterocycles. The summed E-state index contributed by atoms with van der Waals surface area (Å²) < 4.78 is 30.3. The van der Waals surface area contributed by atoms with Gasteiger partial charge in [-0.15, -0.1) is 11.3 Å². The van der Waals surface area contributed by atoms with E-state index < -0.39 is 16.1 Å². The Kier molecular flexibility index (Phi) is 4.91. The van der Waals surface area contributed by atoms with E-state index in [2.05, 4.69) is 9.71 Å². The molecule has 3 aromatic rings. The number of thiophene rings is 2. The van der Waals surface area contributed by atoms with Crippen LogP contribution in [0.4, 0.5) is 0 Å². The van der Waals surface area contributed by atoms with Crippen molar-refractivity contribution in [1.29, 1.82) is 0 Å². The first-order valence-electron chi connectivity index (χ1n) is 7.49. The molecule has 0 fully saturated rings. The van der Waals surface area contributed by atoms with Gasteiger partial charge < -0.3 is 4.57 Å². The van der Waals surface area contributed by atoms with Gasteiger partial charge in [-0.3, -0.25) is 0 Å². The molecule has 0 amide bonds. The molecule has 24 heavy (non-hydrogen) atoms. The Hall–Kier alpha value is -1.48. The van der Waals surface area contributed by atoms with Crippen molar-refractivity contribution in [1.82, 2.24) is 14.3 Å². The van der Waals surface area contributed by atoms with Crippen LogP contribution >= 0.6 is 22.7 Å². The van der Waals surface area contributed by atoms with Crippen molar-refractivity contribution in [3.8, 4) is 0 Å². The van der Waals surface area contributed by atoms with Gasteiger partial charge in [0.05, 0.1) is 6.04 Å². The Bertz CT molecular complexity index is 860. The highest BCUT2D eigenvalue weighted by Gasteiger charge is 2.27. The van der Waals surface area contributed by atoms with Crippen molar-refractivity contribution in [2.24, 2.45) is 7.05 Å². The molecule has 0 aliphatic rings. The van der Waals surface area contributed by atoms with Crippen LogP contribution in [0.1, 0.15) is 42.1 Å². The van der Waals surface area contributed by atoms with Gasteiger partial charge in [-0.25, -0.2) is 13.4 Å². The highest BCUT2D eigenvalue weighted by Crippen LogP contribution is 2.29. The molecule has 0 spiro atoms. The SMILES string of the molecule is CC(C)c1nc(S(=O)(=O)N[C@H](c2ccsc2)c2cccs2)cn1C. The zero-order valence-corrected chi connectivity index (χ0v) is 16.1. The number of sulfonamides is 1. The van der Waals surface area contributed by atoms with E-state index in [1.54, 1.807) is 22.1 Å². The van der Waals surface area contributed by atoms with Crippen LogP contribution in [0.25, 0.3) is 0 Å². The fourth-order valence-electron chi connectivity index (χ4n) is 2.52. The van der Waals surface area contributed by atoms with Crippen molar-refractivity contribution in [2.45, 2.75) is 30.8 Å². The number of nitrogens with zero attached hydrogens (tertiary/aromatic N) is 2. The van der Waals surface area contributed by atoms with Crippen molar-refractivity contribution < 1.29 is 8.42 Å². The van der Waals surface area contributed by atoms with Crippen molar-refractivity contribution in [2.75, 3.05) is 0 Å². The van der Waals surface area contributed by atoms with E-state index in [-0.39, 0.29) is 10.9 Å². The predicted molar refractivity (Wildman–Crippen MR) is 98.1 cm³/mol. The van der Waals surface area contributed by atoms with Gasteiger partial charge in [0.25, 0.3) is 10.0 Å². The predicted octanol–water partition coefficient (Wildman–Crippen LogP) is 3.73. The lowest BCUT2D eigenvalue weighted by atomic mass is 10.1. The number of nitrogens with one attached hydrogen (secondary N) is 1. The first kappa shape index (κ1) is 17.3. The van der Waals surface area contributed by atoms with Gasteiger partial charge in [0.15, 0.2) is 5.03 Å². The number of hydrogen-bond acceptors (Lipinski definition) is 5. The average Bonchev–Trinajstić information content (AvgIpc) is 3.26. The Morgan fingerprint density at radius 3 is 2.58 bits per heavy atom. The second-order valence-corrected chi connectivity index (χ2v) is 9.25. The molecular weight excluding hydrogens is 362 g/mol. The van der Waals surface area contributed by atoms with Crippen LogP contribution in [0.2, 0.25) is 0 Å². The van der Waals surface area contributed by atoms with E-state index in [0.29, 0.717) is 0 Å². The minimum absolute atomic E-state index is 0.0606. The maximum atomic E-state index is 12.8. The molecule has 0 saturated heterocycles. The van der Waals surface area contributed by atoms with E-state index in [9.17, 15) is 8.42 Å². The summed E-state index contributed by atoms with van der Waals surface area (Å²) in [5, 5.41) is 5.92. The lowest BCUT2D eigenvalue weighted by Gasteiger charge is -2.15. The molecule has 0 bridgehead atoms. The molecule has 8 heteroatoms. The summed E-state index contributed by atoms with van der Waals surface area (Å²) in [5.74, 6) is 0.905. The third-order valence-corrected chi connectivity index (χ3v) is 6.59. The van der Waals surface area contributed by atoms with Crippen LogP contribution in [0.5, 0.6) is 0 Å². The fraction of sp³-hybridized carbons (Fsp3) is 0.312.